The first-order valence-corrected chi connectivity index (χ1v) is 13.5. The second kappa shape index (κ2) is 9.48. The minimum absolute atomic E-state index is 0.955. The van der Waals surface area contributed by atoms with Crippen molar-refractivity contribution in [1.82, 2.24) is 4.57 Å². The lowest BCUT2D eigenvalue weighted by Crippen LogP contribution is -2.23. The molecule has 7 rings (SSSR count). The molecule has 1 aromatic heterocycles. The van der Waals surface area contributed by atoms with Gasteiger partial charge in [0.05, 0.1) is 33.8 Å². The molecule has 0 spiro atoms. The second-order valence-electron chi connectivity index (χ2n) is 10.0. The summed E-state index contributed by atoms with van der Waals surface area (Å²) in [7, 11) is 2.17. The molecule has 0 unspecified atom stereocenters. The predicted octanol–water partition coefficient (Wildman–Crippen LogP) is 9.93. The van der Waals surface area contributed by atoms with Gasteiger partial charge < -0.3 is 14.4 Å². The van der Waals surface area contributed by atoms with Crippen LogP contribution in [0.1, 0.15) is 0 Å². The van der Waals surface area contributed by atoms with Gasteiger partial charge in [-0.3, -0.25) is 0 Å². The second-order valence-corrected chi connectivity index (χ2v) is 10.0. The van der Waals surface area contributed by atoms with Crippen LogP contribution < -0.4 is 9.80 Å². The van der Waals surface area contributed by atoms with Crippen molar-refractivity contribution in [2.45, 2.75) is 0 Å². The number of rotatable bonds is 6. The molecule has 0 N–H and O–H groups in total. The highest BCUT2D eigenvalue weighted by Crippen LogP contribution is 2.51. The van der Waals surface area contributed by atoms with Crippen molar-refractivity contribution in [3.05, 3.63) is 152 Å². The summed E-state index contributed by atoms with van der Waals surface area (Å²) in [5.41, 5.74) is 11.4. The van der Waals surface area contributed by atoms with Crippen LogP contribution in [0.4, 0.5) is 22.7 Å². The molecule has 2 heterocycles. The van der Waals surface area contributed by atoms with Gasteiger partial charge in [-0.05, 0) is 65.7 Å². The molecule has 3 heteroatoms. The first-order chi connectivity index (χ1) is 19.7. The fraction of sp³-hybridized carbons (Fsp3) is 0.0270. The lowest BCUT2D eigenvalue weighted by molar-refractivity contribution is 1.07. The van der Waals surface area contributed by atoms with Crippen molar-refractivity contribution < 1.29 is 0 Å². The van der Waals surface area contributed by atoms with Crippen molar-refractivity contribution in [1.29, 1.82) is 0 Å². The summed E-state index contributed by atoms with van der Waals surface area (Å²) in [5.74, 6) is 0. The molecule has 0 atom stereocenters. The third-order valence-corrected chi connectivity index (χ3v) is 7.82. The van der Waals surface area contributed by atoms with Crippen molar-refractivity contribution in [3.63, 3.8) is 0 Å². The van der Waals surface area contributed by atoms with Crippen molar-refractivity contribution in [2.24, 2.45) is 0 Å². The Bertz CT molecular complexity index is 1940. The smallest absolute Gasteiger partial charge is 0.0898 e. The molecule has 3 nitrogen and oxygen atoms in total. The van der Waals surface area contributed by atoms with E-state index in [4.69, 9.17) is 0 Å². The number of anilines is 4. The molecule has 0 aliphatic carbocycles. The van der Waals surface area contributed by atoms with E-state index in [9.17, 15) is 0 Å². The molecule has 6 aromatic rings. The summed E-state index contributed by atoms with van der Waals surface area (Å²) >= 11 is 0. The van der Waals surface area contributed by atoms with Crippen molar-refractivity contribution in [3.8, 4) is 16.8 Å². The van der Waals surface area contributed by atoms with Crippen LogP contribution in [0.5, 0.6) is 0 Å². The fourth-order valence-corrected chi connectivity index (χ4v) is 6.09. The van der Waals surface area contributed by atoms with E-state index >= 15 is 0 Å². The van der Waals surface area contributed by atoms with Crippen LogP contribution in [-0.4, -0.2) is 11.6 Å². The maximum atomic E-state index is 4.14. The number of hydrogen-bond donors (Lipinski definition) is 0. The van der Waals surface area contributed by atoms with Gasteiger partial charge in [0.1, 0.15) is 0 Å². The molecule has 1 aliphatic rings. The van der Waals surface area contributed by atoms with Gasteiger partial charge >= 0.3 is 0 Å². The number of nitrogens with zero attached hydrogens (tertiary/aromatic N) is 3. The van der Waals surface area contributed by atoms with Gasteiger partial charge in [-0.25, -0.2) is 0 Å². The SMILES string of the molecule is C=C/C=C(\C=C)N(c1ccccc1)c1cccc2c1N(C)c1cccc3c4cc(-c5ccccc5)ccc4n-2c13. The molecular formula is C37H29N3. The Balaban J connectivity index is 1.53. The molecule has 1 aliphatic heterocycles. The number of allylic oxidation sites excluding steroid dienone is 3. The van der Waals surface area contributed by atoms with Crippen LogP contribution in [0.15, 0.2) is 152 Å². The van der Waals surface area contributed by atoms with E-state index in [2.05, 4.69) is 144 Å². The number of hydrogen-bond acceptors (Lipinski definition) is 2. The topological polar surface area (TPSA) is 11.4 Å². The quantitative estimate of drug-likeness (QED) is 0.205. The van der Waals surface area contributed by atoms with E-state index in [1.807, 2.05) is 24.3 Å². The van der Waals surface area contributed by atoms with Crippen LogP contribution in [0.2, 0.25) is 0 Å². The van der Waals surface area contributed by atoms with Gasteiger partial charge in [0.2, 0.25) is 0 Å². The molecule has 5 aromatic carbocycles. The predicted molar refractivity (Wildman–Crippen MR) is 171 cm³/mol. The summed E-state index contributed by atoms with van der Waals surface area (Å²) in [6, 6.07) is 41.1. The third-order valence-electron chi connectivity index (χ3n) is 7.82. The molecule has 0 fully saturated rings. The van der Waals surface area contributed by atoms with Crippen LogP contribution in [0, 0.1) is 0 Å². The summed E-state index contributed by atoms with van der Waals surface area (Å²) in [6.07, 6.45) is 5.71. The first kappa shape index (κ1) is 23.8. The maximum Gasteiger partial charge on any atom is 0.0898 e. The van der Waals surface area contributed by atoms with Gasteiger partial charge in [-0.15, -0.1) is 0 Å². The molecule has 0 amide bonds. The zero-order chi connectivity index (χ0) is 27.2. The van der Waals surface area contributed by atoms with Crippen molar-refractivity contribution in [2.75, 3.05) is 16.8 Å². The zero-order valence-electron chi connectivity index (χ0n) is 22.5. The molecular weight excluding hydrogens is 486 g/mol. The normalized spacial score (nSPS) is 12.4. The summed E-state index contributed by atoms with van der Waals surface area (Å²) < 4.78 is 2.43. The number of benzene rings is 5. The standard InChI is InChI=1S/C37H29N3/c1-4-14-28(5-2)39(29-17-10-7-11-18-29)34-21-13-22-35-37(34)38(3)33-20-12-19-30-31-25-27(26-15-8-6-9-16-26)23-24-32(31)40(35)36(30)33/h4-25H,1-2H2,3H3/b28-14+. The Morgan fingerprint density at radius 1 is 0.700 bits per heavy atom. The maximum absolute atomic E-state index is 4.14. The van der Waals surface area contributed by atoms with Crippen LogP contribution in [0.25, 0.3) is 38.6 Å². The zero-order valence-corrected chi connectivity index (χ0v) is 22.5. The molecule has 0 bridgehead atoms. The summed E-state index contributed by atoms with van der Waals surface area (Å²) in [4.78, 5) is 4.59. The highest BCUT2D eigenvalue weighted by atomic mass is 15.2. The van der Waals surface area contributed by atoms with Crippen LogP contribution in [-0.2, 0) is 0 Å². The molecule has 40 heavy (non-hydrogen) atoms. The lowest BCUT2D eigenvalue weighted by Gasteiger charge is -2.36. The van der Waals surface area contributed by atoms with E-state index in [1.54, 1.807) is 0 Å². The monoisotopic (exact) mass is 515 g/mol. The van der Waals surface area contributed by atoms with E-state index in [0.29, 0.717) is 0 Å². The average Bonchev–Trinajstić information content (AvgIpc) is 3.35. The van der Waals surface area contributed by atoms with Crippen LogP contribution >= 0.6 is 0 Å². The van der Waals surface area contributed by atoms with Gasteiger partial charge in [-0.2, -0.15) is 0 Å². The van der Waals surface area contributed by atoms with Crippen molar-refractivity contribution >= 4 is 44.6 Å². The Morgan fingerprint density at radius 2 is 1.43 bits per heavy atom. The highest BCUT2D eigenvalue weighted by Gasteiger charge is 2.29. The van der Waals surface area contributed by atoms with Gasteiger partial charge in [0.15, 0.2) is 0 Å². The Morgan fingerprint density at radius 3 is 2.17 bits per heavy atom. The van der Waals surface area contributed by atoms with E-state index in [0.717, 1.165) is 28.4 Å². The third kappa shape index (κ3) is 3.52. The van der Waals surface area contributed by atoms with Gasteiger partial charge in [0, 0.05) is 29.2 Å². The Labute approximate surface area is 234 Å². The van der Waals surface area contributed by atoms with Crippen LogP contribution in [0.3, 0.4) is 0 Å². The molecule has 192 valence electrons. The number of para-hydroxylation sites is 3. The van der Waals surface area contributed by atoms with Gasteiger partial charge in [0.25, 0.3) is 0 Å². The van der Waals surface area contributed by atoms with Gasteiger partial charge in [-0.1, -0.05) is 92.0 Å². The fourth-order valence-electron chi connectivity index (χ4n) is 6.09. The molecule has 0 saturated carbocycles. The largest absolute Gasteiger partial charge is 0.339 e. The Kier molecular flexibility index (Phi) is 5.64. The molecule has 0 saturated heterocycles. The van der Waals surface area contributed by atoms with E-state index in [1.165, 1.54) is 38.6 Å². The number of fused-ring (bicyclic) bond motifs is 5. The highest BCUT2D eigenvalue weighted by molar-refractivity contribution is 6.17. The minimum atomic E-state index is 0.955. The van der Waals surface area contributed by atoms with E-state index < -0.39 is 0 Å². The van der Waals surface area contributed by atoms with E-state index in [-0.39, 0.29) is 0 Å². The molecule has 0 radical (unpaired) electrons. The minimum Gasteiger partial charge on any atom is -0.339 e. The number of aromatic nitrogens is 1. The first-order valence-electron chi connectivity index (χ1n) is 13.5. The summed E-state index contributed by atoms with van der Waals surface area (Å²) in [5, 5.41) is 2.51. The Hall–Kier alpha value is -5.28. The summed E-state index contributed by atoms with van der Waals surface area (Å²) in [6.45, 7) is 8.11. The average molecular weight is 516 g/mol. The lowest BCUT2D eigenvalue weighted by atomic mass is 10.0.